The van der Waals surface area contributed by atoms with Crippen LogP contribution in [-0.2, 0) is 14.4 Å². The summed E-state index contributed by atoms with van der Waals surface area (Å²) in [6.45, 7) is 7.49. The van der Waals surface area contributed by atoms with E-state index in [0.29, 0.717) is 91.0 Å². The number of hydrogen-bond acceptors (Lipinski definition) is 22. The zero-order chi connectivity index (χ0) is 40.8. The number of anilines is 7. The highest BCUT2D eigenvalue weighted by Crippen LogP contribution is 2.25. The third-order valence-electron chi connectivity index (χ3n) is 6.86. The first kappa shape index (κ1) is 44.0. The molecule has 0 aliphatic heterocycles. The Bertz CT molecular complexity index is 1900. The Morgan fingerprint density at radius 1 is 0.667 bits per heavy atom. The lowest BCUT2D eigenvalue weighted by molar-refractivity contribution is -0.129. The summed E-state index contributed by atoms with van der Waals surface area (Å²) >= 11 is 7.05. The molecule has 0 saturated heterocycles. The molecule has 57 heavy (non-hydrogen) atoms. The van der Waals surface area contributed by atoms with Gasteiger partial charge in [0.2, 0.25) is 59.4 Å². The number of nitrogens with one attached hydrogen (secondary N) is 9. The van der Waals surface area contributed by atoms with Crippen molar-refractivity contribution < 1.29 is 14.4 Å². The molecule has 0 aliphatic carbocycles. The minimum Gasteiger partial charge on any atom is -0.368 e. The van der Waals surface area contributed by atoms with E-state index >= 15 is 0 Å². The molecule has 3 aromatic heterocycles. The smallest absolute Gasteiger partial charge is 0.242 e. The van der Waals surface area contributed by atoms with Crippen molar-refractivity contribution in [1.29, 1.82) is 0 Å². The van der Waals surface area contributed by atoms with Crippen LogP contribution in [0, 0.1) is 0 Å². The molecule has 0 bridgehead atoms. The fourth-order valence-electron chi connectivity index (χ4n) is 4.35. The fourth-order valence-corrected chi connectivity index (χ4v) is 5.79. The quantitative estimate of drug-likeness (QED) is 0.0248. The lowest BCUT2D eigenvalue weighted by Crippen LogP contribution is -2.48. The number of nitrogens with two attached hydrogens (primary N) is 1. The predicted molar refractivity (Wildman–Crippen MR) is 225 cm³/mol. The minimum atomic E-state index is -0.785. The second-order valence-corrected chi connectivity index (χ2v) is 14.2. The SMILES string of the molecule is CCSc1nc(NCCNC(=O)C(C)NC(=O)CNC(C)=O)nc(NCCNc2nc(NCCNc3nc(N)nc(NCCS)n3)nc(Sc3ccccc3)n2)n1. The zero-order valence-corrected chi connectivity index (χ0v) is 34.2. The van der Waals surface area contributed by atoms with E-state index in [1.165, 1.54) is 30.4 Å². The molecule has 1 aromatic carbocycles. The molecule has 1 atom stereocenters. The first-order valence-electron chi connectivity index (χ1n) is 17.8. The Hall–Kier alpha value is -5.69. The molecular formula is C32H47N19O3S3. The Morgan fingerprint density at radius 2 is 1.14 bits per heavy atom. The van der Waals surface area contributed by atoms with Gasteiger partial charge in [0.25, 0.3) is 0 Å². The molecular weight excluding hydrogens is 795 g/mol. The number of aromatic nitrogens is 9. The molecule has 0 saturated carbocycles. The number of carbonyl (C=O) groups excluding carboxylic acids is 3. The lowest BCUT2D eigenvalue weighted by atomic mass is 10.3. The Labute approximate surface area is 343 Å². The van der Waals surface area contributed by atoms with Crippen LogP contribution < -0.4 is 53.6 Å². The van der Waals surface area contributed by atoms with E-state index in [9.17, 15) is 14.4 Å². The number of thiol groups is 1. The van der Waals surface area contributed by atoms with Gasteiger partial charge in [-0.25, -0.2) is 0 Å². The molecule has 0 spiro atoms. The van der Waals surface area contributed by atoms with E-state index in [-0.39, 0.29) is 30.9 Å². The van der Waals surface area contributed by atoms with Crippen LogP contribution in [0.1, 0.15) is 20.8 Å². The summed E-state index contributed by atoms with van der Waals surface area (Å²) < 4.78 is 0. The van der Waals surface area contributed by atoms with Gasteiger partial charge in [-0.15, -0.1) is 0 Å². The van der Waals surface area contributed by atoms with Crippen molar-refractivity contribution in [2.24, 2.45) is 0 Å². The van der Waals surface area contributed by atoms with Crippen LogP contribution >= 0.6 is 36.2 Å². The third kappa shape index (κ3) is 16.9. The zero-order valence-electron chi connectivity index (χ0n) is 31.6. The molecule has 25 heteroatoms. The van der Waals surface area contributed by atoms with Gasteiger partial charge in [-0.3, -0.25) is 14.4 Å². The number of amides is 3. The largest absolute Gasteiger partial charge is 0.368 e. The summed E-state index contributed by atoms with van der Waals surface area (Å²) in [5.74, 6) is 2.41. The van der Waals surface area contributed by atoms with Gasteiger partial charge >= 0.3 is 0 Å². The van der Waals surface area contributed by atoms with E-state index in [1.54, 1.807) is 6.92 Å². The van der Waals surface area contributed by atoms with Crippen LogP contribution in [0.15, 0.2) is 45.5 Å². The maximum atomic E-state index is 12.4. The Balaban J connectivity index is 1.29. The average Bonchev–Trinajstić information content (AvgIpc) is 3.18. The maximum absolute atomic E-state index is 12.4. The molecule has 3 amide bonds. The summed E-state index contributed by atoms with van der Waals surface area (Å²) in [6.07, 6.45) is 0. The number of rotatable bonds is 25. The van der Waals surface area contributed by atoms with Gasteiger partial charge in [-0.2, -0.15) is 57.5 Å². The Morgan fingerprint density at radius 3 is 1.63 bits per heavy atom. The average molecular weight is 842 g/mol. The van der Waals surface area contributed by atoms with Crippen LogP contribution in [-0.4, -0.2) is 132 Å². The second-order valence-electron chi connectivity index (χ2n) is 11.5. The highest BCUT2D eigenvalue weighted by atomic mass is 32.2. The topological polar surface area (TPSA) is 302 Å². The summed E-state index contributed by atoms with van der Waals surface area (Å²) in [7, 11) is 0. The normalized spacial score (nSPS) is 11.2. The second kappa shape index (κ2) is 24.1. The van der Waals surface area contributed by atoms with Crippen molar-refractivity contribution in [2.45, 2.75) is 42.0 Å². The first-order chi connectivity index (χ1) is 27.6. The fraction of sp³-hybridized carbons (Fsp3) is 0.438. The maximum Gasteiger partial charge on any atom is 0.242 e. The number of nitrogen functional groups attached to an aromatic ring is 1. The number of hydrogen-bond donors (Lipinski definition) is 11. The molecule has 306 valence electrons. The third-order valence-corrected chi connectivity index (χ3v) is 8.69. The molecule has 4 aromatic rings. The van der Waals surface area contributed by atoms with Crippen molar-refractivity contribution in [1.82, 2.24) is 60.8 Å². The van der Waals surface area contributed by atoms with E-state index in [2.05, 4.69) is 105 Å². The van der Waals surface area contributed by atoms with Crippen molar-refractivity contribution in [3.63, 3.8) is 0 Å². The van der Waals surface area contributed by atoms with Gasteiger partial charge < -0.3 is 53.6 Å². The summed E-state index contributed by atoms with van der Waals surface area (Å²) in [5.41, 5.74) is 5.83. The highest BCUT2D eigenvalue weighted by Gasteiger charge is 2.16. The molecule has 4 rings (SSSR count). The highest BCUT2D eigenvalue weighted by molar-refractivity contribution is 7.99. The van der Waals surface area contributed by atoms with Crippen molar-refractivity contribution in [3.8, 4) is 0 Å². The van der Waals surface area contributed by atoms with Crippen molar-refractivity contribution in [2.75, 3.05) is 101 Å². The van der Waals surface area contributed by atoms with Crippen LogP contribution in [0.4, 0.5) is 41.6 Å². The molecule has 1 unspecified atom stereocenters. The van der Waals surface area contributed by atoms with Crippen LogP contribution in [0.3, 0.4) is 0 Å². The van der Waals surface area contributed by atoms with Crippen molar-refractivity contribution in [3.05, 3.63) is 30.3 Å². The Kier molecular flexibility index (Phi) is 18.6. The number of benzene rings is 1. The van der Waals surface area contributed by atoms with Gasteiger partial charge in [-0.1, -0.05) is 36.9 Å². The van der Waals surface area contributed by atoms with Crippen LogP contribution in [0.2, 0.25) is 0 Å². The van der Waals surface area contributed by atoms with Crippen LogP contribution in [0.5, 0.6) is 0 Å². The van der Waals surface area contributed by atoms with E-state index in [0.717, 1.165) is 10.6 Å². The molecule has 22 nitrogen and oxygen atoms in total. The molecule has 3 heterocycles. The number of carbonyl (C=O) groups is 3. The monoisotopic (exact) mass is 841 g/mol. The predicted octanol–water partition coefficient (Wildman–Crippen LogP) is 0.646. The van der Waals surface area contributed by atoms with Gasteiger partial charge in [0.1, 0.15) is 6.04 Å². The van der Waals surface area contributed by atoms with Gasteiger partial charge in [0.05, 0.1) is 6.54 Å². The summed E-state index contributed by atoms with van der Waals surface area (Å²) in [6, 6.07) is 9.00. The van der Waals surface area contributed by atoms with Gasteiger partial charge in [-0.05, 0) is 36.6 Å². The summed E-state index contributed by atoms with van der Waals surface area (Å²) in [5, 5.41) is 27.6. The molecule has 11 N–H and O–H groups in total. The molecule has 0 fully saturated rings. The first-order valence-corrected chi connectivity index (χ1v) is 20.3. The van der Waals surface area contributed by atoms with E-state index in [1.807, 2.05) is 37.3 Å². The molecule has 0 radical (unpaired) electrons. The van der Waals surface area contributed by atoms with Gasteiger partial charge in [0, 0.05) is 63.4 Å². The number of thioether (sulfide) groups is 1. The molecule has 0 aliphatic rings. The number of nitrogens with zero attached hydrogens (tertiary/aromatic N) is 9. The standard InChI is InChI=1S/C32H47N19O3S3/c1-4-56-31-48-27(36-11-10-34-23(54)19(2)42-22(53)18-41-20(3)52)46-28(49-31)37-14-15-39-30-47-29(50-32(51-30)57-21-8-6-5-7-9-21)38-13-12-35-25-43-24(33)44-26(45-25)40-16-17-55/h5-9,19,55H,4,10-18H2,1-3H3,(H,34,54)(H,41,52)(H,42,53)(H2,36,37,46,48,49)(H2,38,39,47,50,51)(H4,33,35,40,43,44,45). The van der Waals surface area contributed by atoms with Crippen molar-refractivity contribution >= 4 is 95.5 Å². The lowest BCUT2D eigenvalue weighted by Gasteiger charge is -2.15. The van der Waals surface area contributed by atoms with Gasteiger partial charge in [0.15, 0.2) is 10.3 Å². The van der Waals surface area contributed by atoms with E-state index in [4.69, 9.17) is 5.73 Å². The van der Waals surface area contributed by atoms with E-state index < -0.39 is 11.9 Å². The van der Waals surface area contributed by atoms with Crippen LogP contribution in [0.25, 0.3) is 0 Å². The summed E-state index contributed by atoms with van der Waals surface area (Å²) in [4.78, 5) is 76.0. The minimum absolute atomic E-state index is 0.0939.